The Kier molecular flexibility index (Phi) is 6.22. The SMILES string of the molecule is COc1cc(OC)cc(-c2cc3cnc(Cl)cc3n(CCN3CCOCC3)c2=O)c1. The summed E-state index contributed by atoms with van der Waals surface area (Å²) >= 11 is 6.14. The maximum absolute atomic E-state index is 13.5. The standard InChI is InChI=1S/C22H24ClN3O4/c1-28-17-9-15(10-18(12-17)29-2)19-11-16-14-24-21(23)13-20(16)26(22(19)27)4-3-25-5-7-30-8-6-25/h9-14H,3-8H2,1-2H3. The quantitative estimate of drug-likeness (QED) is 0.561. The molecule has 0 unspecified atom stereocenters. The van der Waals surface area contributed by atoms with Gasteiger partial charge in [-0.1, -0.05) is 11.6 Å². The number of hydrogen-bond donors (Lipinski definition) is 0. The van der Waals surface area contributed by atoms with Gasteiger partial charge < -0.3 is 18.8 Å². The van der Waals surface area contributed by atoms with Crippen molar-refractivity contribution in [2.75, 3.05) is 47.1 Å². The number of ether oxygens (including phenoxy) is 3. The van der Waals surface area contributed by atoms with Crippen molar-refractivity contribution in [2.24, 2.45) is 0 Å². The lowest BCUT2D eigenvalue weighted by Gasteiger charge is -2.27. The number of benzene rings is 1. The number of morpholine rings is 1. The Labute approximate surface area is 179 Å². The monoisotopic (exact) mass is 429 g/mol. The summed E-state index contributed by atoms with van der Waals surface area (Å²) in [5.74, 6) is 1.25. The van der Waals surface area contributed by atoms with E-state index in [1.54, 1.807) is 37.1 Å². The van der Waals surface area contributed by atoms with Crippen LogP contribution in [0.5, 0.6) is 11.5 Å². The van der Waals surface area contributed by atoms with Crippen LogP contribution in [0.15, 0.2) is 41.3 Å². The predicted molar refractivity (Wildman–Crippen MR) is 117 cm³/mol. The minimum atomic E-state index is -0.0895. The molecule has 1 fully saturated rings. The first-order valence-corrected chi connectivity index (χ1v) is 10.2. The molecule has 3 heterocycles. The molecule has 0 saturated carbocycles. The Morgan fingerprint density at radius 3 is 2.40 bits per heavy atom. The van der Waals surface area contributed by atoms with E-state index in [2.05, 4.69) is 9.88 Å². The summed E-state index contributed by atoms with van der Waals surface area (Å²) in [5.41, 5.74) is 1.97. The second kappa shape index (κ2) is 9.04. The van der Waals surface area contributed by atoms with Gasteiger partial charge in [-0.25, -0.2) is 4.98 Å². The first kappa shape index (κ1) is 20.7. The highest BCUT2D eigenvalue weighted by Gasteiger charge is 2.16. The second-order valence-electron chi connectivity index (χ2n) is 7.14. The van der Waals surface area contributed by atoms with Crippen molar-refractivity contribution in [3.63, 3.8) is 0 Å². The van der Waals surface area contributed by atoms with E-state index in [-0.39, 0.29) is 5.56 Å². The number of nitrogens with zero attached hydrogens (tertiary/aromatic N) is 3. The van der Waals surface area contributed by atoms with Crippen LogP contribution in [-0.2, 0) is 11.3 Å². The van der Waals surface area contributed by atoms with Crippen molar-refractivity contribution in [3.8, 4) is 22.6 Å². The van der Waals surface area contributed by atoms with Gasteiger partial charge in [-0.3, -0.25) is 9.69 Å². The Hall–Kier alpha value is -2.61. The molecule has 7 nitrogen and oxygen atoms in total. The number of methoxy groups -OCH3 is 2. The highest BCUT2D eigenvalue weighted by atomic mass is 35.5. The molecular formula is C22H24ClN3O4. The van der Waals surface area contributed by atoms with Crippen LogP contribution in [0.3, 0.4) is 0 Å². The zero-order valence-corrected chi connectivity index (χ0v) is 17.8. The molecule has 158 valence electrons. The summed E-state index contributed by atoms with van der Waals surface area (Å²) in [6.45, 7) is 4.46. The normalized spacial score (nSPS) is 14.8. The molecule has 8 heteroatoms. The molecule has 2 aromatic heterocycles. The van der Waals surface area contributed by atoms with E-state index in [1.165, 1.54) is 0 Å². The van der Waals surface area contributed by atoms with Gasteiger partial charge in [0.15, 0.2) is 0 Å². The zero-order chi connectivity index (χ0) is 21.1. The molecule has 1 aliphatic rings. The number of halogens is 1. The lowest BCUT2D eigenvalue weighted by Crippen LogP contribution is -2.39. The molecule has 0 N–H and O–H groups in total. The average molecular weight is 430 g/mol. The van der Waals surface area contributed by atoms with Gasteiger partial charge in [-0.05, 0) is 29.8 Å². The number of rotatable bonds is 6. The van der Waals surface area contributed by atoms with Crippen molar-refractivity contribution >= 4 is 22.5 Å². The first-order valence-electron chi connectivity index (χ1n) is 9.81. The molecule has 0 atom stereocenters. The van der Waals surface area contributed by atoms with E-state index in [0.29, 0.717) is 28.8 Å². The van der Waals surface area contributed by atoms with Gasteiger partial charge in [0.1, 0.15) is 16.7 Å². The van der Waals surface area contributed by atoms with Crippen LogP contribution in [0.25, 0.3) is 22.0 Å². The van der Waals surface area contributed by atoms with Crippen LogP contribution < -0.4 is 15.0 Å². The topological polar surface area (TPSA) is 65.8 Å². The van der Waals surface area contributed by atoms with E-state index in [4.69, 9.17) is 25.8 Å². The van der Waals surface area contributed by atoms with Crippen LogP contribution in [-0.4, -0.2) is 61.5 Å². The second-order valence-corrected chi connectivity index (χ2v) is 7.52. The molecule has 0 spiro atoms. The van der Waals surface area contributed by atoms with Crippen LogP contribution in [0, 0.1) is 0 Å². The fourth-order valence-electron chi connectivity index (χ4n) is 3.71. The average Bonchev–Trinajstić information content (AvgIpc) is 2.78. The van der Waals surface area contributed by atoms with Crippen LogP contribution >= 0.6 is 11.6 Å². The van der Waals surface area contributed by atoms with Gasteiger partial charge in [-0.2, -0.15) is 0 Å². The molecule has 0 radical (unpaired) electrons. The summed E-state index contributed by atoms with van der Waals surface area (Å²) in [7, 11) is 3.18. The lowest BCUT2D eigenvalue weighted by molar-refractivity contribution is 0.0364. The molecule has 1 aromatic carbocycles. The van der Waals surface area contributed by atoms with Crippen LogP contribution in [0.1, 0.15) is 0 Å². The molecule has 4 rings (SSSR count). The largest absolute Gasteiger partial charge is 0.497 e. The Morgan fingerprint density at radius 1 is 1.03 bits per heavy atom. The Morgan fingerprint density at radius 2 is 1.73 bits per heavy atom. The molecule has 30 heavy (non-hydrogen) atoms. The predicted octanol–water partition coefficient (Wildman–Crippen LogP) is 3.07. The van der Waals surface area contributed by atoms with Gasteiger partial charge in [0.25, 0.3) is 5.56 Å². The number of pyridine rings is 2. The molecule has 1 aliphatic heterocycles. The van der Waals surface area contributed by atoms with Crippen molar-refractivity contribution in [3.05, 3.63) is 52.0 Å². The van der Waals surface area contributed by atoms with Gasteiger partial charge in [-0.15, -0.1) is 0 Å². The summed E-state index contributed by atoms with van der Waals surface area (Å²) in [6.07, 6.45) is 1.70. The van der Waals surface area contributed by atoms with Gasteiger partial charge in [0.2, 0.25) is 0 Å². The fourth-order valence-corrected chi connectivity index (χ4v) is 3.86. The van der Waals surface area contributed by atoms with E-state index < -0.39 is 0 Å². The lowest BCUT2D eigenvalue weighted by atomic mass is 10.0. The molecule has 0 aliphatic carbocycles. The summed E-state index contributed by atoms with van der Waals surface area (Å²) in [6, 6.07) is 9.04. The van der Waals surface area contributed by atoms with Crippen molar-refractivity contribution in [2.45, 2.75) is 6.54 Å². The van der Waals surface area contributed by atoms with Crippen LogP contribution in [0.2, 0.25) is 5.15 Å². The van der Waals surface area contributed by atoms with Crippen molar-refractivity contribution < 1.29 is 14.2 Å². The van der Waals surface area contributed by atoms with Gasteiger partial charge >= 0.3 is 0 Å². The third-order valence-corrected chi connectivity index (χ3v) is 5.56. The third-order valence-electron chi connectivity index (χ3n) is 5.35. The molecule has 0 amide bonds. The maximum Gasteiger partial charge on any atom is 0.258 e. The summed E-state index contributed by atoms with van der Waals surface area (Å²) < 4.78 is 18.0. The number of aromatic nitrogens is 2. The Bertz CT molecular complexity index is 1090. The molecule has 1 saturated heterocycles. The van der Waals surface area contributed by atoms with Gasteiger partial charge in [0.05, 0.1) is 33.0 Å². The molecular weight excluding hydrogens is 406 g/mol. The number of hydrogen-bond acceptors (Lipinski definition) is 6. The smallest absolute Gasteiger partial charge is 0.258 e. The fraction of sp³-hybridized carbons (Fsp3) is 0.364. The first-order chi connectivity index (χ1) is 14.6. The highest BCUT2D eigenvalue weighted by Crippen LogP contribution is 2.30. The maximum atomic E-state index is 13.5. The Balaban J connectivity index is 1.82. The van der Waals surface area contributed by atoms with E-state index in [9.17, 15) is 4.79 Å². The zero-order valence-electron chi connectivity index (χ0n) is 17.1. The third kappa shape index (κ3) is 4.28. The molecule has 0 bridgehead atoms. The number of fused-ring (bicyclic) bond motifs is 1. The summed E-state index contributed by atoms with van der Waals surface area (Å²) in [5, 5.41) is 1.20. The van der Waals surface area contributed by atoms with Crippen molar-refractivity contribution in [1.82, 2.24) is 14.5 Å². The highest BCUT2D eigenvalue weighted by molar-refractivity contribution is 6.30. The van der Waals surface area contributed by atoms with Gasteiger partial charge in [0, 0.05) is 49.4 Å². The van der Waals surface area contributed by atoms with Crippen molar-refractivity contribution in [1.29, 1.82) is 0 Å². The molecule has 3 aromatic rings. The van der Waals surface area contributed by atoms with E-state index in [1.807, 2.05) is 18.2 Å². The summed E-state index contributed by atoms with van der Waals surface area (Å²) in [4.78, 5) is 20.0. The van der Waals surface area contributed by atoms with E-state index in [0.717, 1.165) is 49.3 Å². The minimum Gasteiger partial charge on any atom is -0.497 e. The van der Waals surface area contributed by atoms with Crippen LogP contribution in [0.4, 0.5) is 0 Å². The minimum absolute atomic E-state index is 0.0895. The van der Waals surface area contributed by atoms with E-state index >= 15 is 0 Å².